The molecule has 1 N–H and O–H groups in total. The molecule has 0 spiro atoms. The number of nitriles is 1. The molecule has 2 aliphatic rings. The Morgan fingerprint density at radius 1 is 1.05 bits per heavy atom. The third-order valence-corrected chi connectivity index (χ3v) is 4.67. The highest BCUT2D eigenvalue weighted by atomic mass is 14.9. The summed E-state index contributed by atoms with van der Waals surface area (Å²) in [7, 11) is 0. The van der Waals surface area contributed by atoms with Crippen LogP contribution in [-0.4, -0.2) is 6.04 Å². The zero-order valence-electron chi connectivity index (χ0n) is 11.5. The summed E-state index contributed by atoms with van der Waals surface area (Å²) in [5, 5.41) is 13.0. The van der Waals surface area contributed by atoms with Crippen molar-refractivity contribution >= 4 is 5.69 Å². The molecule has 0 bridgehead atoms. The Bertz CT molecular complexity index is 487. The molecule has 2 heteroatoms. The van der Waals surface area contributed by atoms with Crippen molar-refractivity contribution in [1.29, 1.82) is 5.26 Å². The van der Waals surface area contributed by atoms with Crippen molar-refractivity contribution < 1.29 is 0 Å². The zero-order chi connectivity index (χ0) is 13.1. The van der Waals surface area contributed by atoms with E-state index in [1.807, 2.05) is 0 Å². The van der Waals surface area contributed by atoms with Gasteiger partial charge in [-0.15, -0.1) is 0 Å². The van der Waals surface area contributed by atoms with Crippen LogP contribution in [0.25, 0.3) is 0 Å². The normalized spacial score (nSPS) is 26.3. The highest BCUT2D eigenvalue weighted by Crippen LogP contribution is 2.32. The lowest BCUT2D eigenvalue weighted by molar-refractivity contribution is 0.388. The van der Waals surface area contributed by atoms with Gasteiger partial charge in [-0.1, -0.05) is 25.0 Å². The maximum absolute atomic E-state index is 9.29. The van der Waals surface area contributed by atoms with Crippen LogP contribution in [0.15, 0.2) is 18.2 Å². The first-order chi connectivity index (χ1) is 9.38. The Morgan fingerprint density at radius 2 is 1.89 bits per heavy atom. The fourth-order valence-corrected chi connectivity index (χ4v) is 3.57. The van der Waals surface area contributed by atoms with Crippen LogP contribution in [0, 0.1) is 17.2 Å². The van der Waals surface area contributed by atoms with Gasteiger partial charge in [0.25, 0.3) is 0 Å². The molecule has 3 rings (SSSR count). The fraction of sp³-hybridized carbons (Fsp3) is 0.588. The SMILES string of the molecule is N#CC1CCCCC1Nc1cccc2c1CCCC2. The van der Waals surface area contributed by atoms with Crippen LogP contribution in [0.4, 0.5) is 5.69 Å². The molecule has 100 valence electrons. The number of rotatable bonds is 2. The Hall–Kier alpha value is -1.49. The highest BCUT2D eigenvalue weighted by Gasteiger charge is 2.25. The molecule has 0 heterocycles. The maximum Gasteiger partial charge on any atom is 0.0677 e. The van der Waals surface area contributed by atoms with E-state index in [4.69, 9.17) is 0 Å². The van der Waals surface area contributed by atoms with Gasteiger partial charge in [-0.05, 0) is 55.7 Å². The van der Waals surface area contributed by atoms with Crippen molar-refractivity contribution in [1.82, 2.24) is 0 Å². The van der Waals surface area contributed by atoms with E-state index in [9.17, 15) is 5.26 Å². The average molecular weight is 254 g/mol. The molecule has 0 radical (unpaired) electrons. The van der Waals surface area contributed by atoms with Gasteiger partial charge < -0.3 is 5.32 Å². The summed E-state index contributed by atoms with van der Waals surface area (Å²) in [6, 6.07) is 9.48. The molecule has 1 aromatic carbocycles. The van der Waals surface area contributed by atoms with Gasteiger partial charge in [0.05, 0.1) is 12.0 Å². The Morgan fingerprint density at radius 3 is 2.79 bits per heavy atom. The number of anilines is 1. The Labute approximate surface area is 115 Å². The minimum atomic E-state index is 0.188. The number of nitrogens with zero attached hydrogens (tertiary/aromatic N) is 1. The lowest BCUT2D eigenvalue weighted by Crippen LogP contribution is -2.31. The molecule has 0 saturated heterocycles. The van der Waals surface area contributed by atoms with Gasteiger partial charge in [-0.25, -0.2) is 0 Å². The summed E-state index contributed by atoms with van der Waals surface area (Å²) in [5.41, 5.74) is 4.32. The quantitative estimate of drug-likeness (QED) is 0.864. The Balaban J connectivity index is 1.81. The molecule has 1 fully saturated rings. The number of benzene rings is 1. The van der Waals surface area contributed by atoms with Crippen LogP contribution in [0.2, 0.25) is 0 Å². The molecule has 1 aromatic rings. The summed E-state index contributed by atoms with van der Waals surface area (Å²) in [6.07, 6.45) is 9.71. The Kier molecular flexibility index (Phi) is 3.73. The van der Waals surface area contributed by atoms with Crippen LogP contribution < -0.4 is 5.32 Å². The molecule has 2 atom stereocenters. The van der Waals surface area contributed by atoms with Crippen molar-refractivity contribution in [2.45, 2.75) is 57.4 Å². The summed E-state index contributed by atoms with van der Waals surface area (Å²) < 4.78 is 0. The monoisotopic (exact) mass is 254 g/mol. The van der Waals surface area contributed by atoms with E-state index in [2.05, 4.69) is 29.6 Å². The molecular weight excluding hydrogens is 232 g/mol. The lowest BCUT2D eigenvalue weighted by atomic mass is 9.84. The largest absolute Gasteiger partial charge is 0.381 e. The van der Waals surface area contributed by atoms with Gasteiger partial charge in [0.2, 0.25) is 0 Å². The summed E-state index contributed by atoms with van der Waals surface area (Å²) in [5.74, 6) is 0.188. The minimum absolute atomic E-state index is 0.188. The van der Waals surface area contributed by atoms with Crippen molar-refractivity contribution in [3.63, 3.8) is 0 Å². The first-order valence-corrected chi connectivity index (χ1v) is 7.65. The maximum atomic E-state index is 9.29. The molecule has 0 aromatic heterocycles. The van der Waals surface area contributed by atoms with Crippen LogP contribution in [0.5, 0.6) is 0 Å². The molecule has 19 heavy (non-hydrogen) atoms. The smallest absolute Gasteiger partial charge is 0.0677 e. The second kappa shape index (κ2) is 5.65. The molecule has 0 aliphatic heterocycles. The standard InChI is InChI=1S/C17H22N2/c18-12-14-7-2-4-10-16(14)19-17-11-5-8-13-6-1-3-9-15(13)17/h5,8,11,14,16,19H,1-4,6-7,9-10H2. The zero-order valence-corrected chi connectivity index (χ0v) is 11.5. The van der Waals surface area contributed by atoms with E-state index in [-0.39, 0.29) is 5.92 Å². The van der Waals surface area contributed by atoms with Crippen molar-refractivity contribution in [3.05, 3.63) is 29.3 Å². The van der Waals surface area contributed by atoms with Gasteiger partial charge in [-0.2, -0.15) is 5.26 Å². The summed E-state index contributed by atoms with van der Waals surface area (Å²) in [6.45, 7) is 0. The lowest BCUT2D eigenvalue weighted by Gasteiger charge is -2.30. The van der Waals surface area contributed by atoms with Crippen molar-refractivity contribution in [2.24, 2.45) is 5.92 Å². The van der Waals surface area contributed by atoms with Crippen molar-refractivity contribution in [3.8, 4) is 6.07 Å². The number of hydrogen-bond donors (Lipinski definition) is 1. The van der Waals surface area contributed by atoms with Crippen molar-refractivity contribution in [2.75, 3.05) is 5.32 Å². The van der Waals surface area contributed by atoms with Crippen LogP contribution >= 0.6 is 0 Å². The first-order valence-electron chi connectivity index (χ1n) is 7.65. The molecule has 0 amide bonds. The van der Waals surface area contributed by atoms with E-state index in [1.165, 1.54) is 55.3 Å². The highest BCUT2D eigenvalue weighted by molar-refractivity contribution is 5.56. The van der Waals surface area contributed by atoms with Gasteiger partial charge >= 0.3 is 0 Å². The van der Waals surface area contributed by atoms with E-state index in [0.29, 0.717) is 6.04 Å². The molecule has 1 saturated carbocycles. The van der Waals surface area contributed by atoms with E-state index >= 15 is 0 Å². The number of hydrogen-bond acceptors (Lipinski definition) is 2. The van der Waals surface area contributed by atoms with Gasteiger partial charge in [0.15, 0.2) is 0 Å². The molecule has 2 unspecified atom stereocenters. The topological polar surface area (TPSA) is 35.8 Å². The summed E-state index contributed by atoms with van der Waals surface area (Å²) in [4.78, 5) is 0. The molecular formula is C17H22N2. The van der Waals surface area contributed by atoms with Crippen LogP contribution in [0.1, 0.15) is 49.7 Å². The average Bonchev–Trinajstić information content (AvgIpc) is 2.48. The third kappa shape index (κ3) is 2.61. The van der Waals surface area contributed by atoms with Gasteiger partial charge in [-0.3, -0.25) is 0 Å². The number of fused-ring (bicyclic) bond motifs is 1. The molecule has 2 nitrogen and oxygen atoms in total. The number of nitrogens with one attached hydrogen (secondary N) is 1. The third-order valence-electron chi connectivity index (χ3n) is 4.67. The molecule has 2 aliphatic carbocycles. The van der Waals surface area contributed by atoms with E-state index in [1.54, 1.807) is 0 Å². The first kappa shape index (κ1) is 12.5. The van der Waals surface area contributed by atoms with Gasteiger partial charge in [0, 0.05) is 11.7 Å². The van der Waals surface area contributed by atoms with E-state index < -0.39 is 0 Å². The summed E-state index contributed by atoms with van der Waals surface area (Å²) >= 11 is 0. The van der Waals surface area contributed by atoms with Crippen LogP contribution in [0.3, 0.4) is 0 Å². The minimum Gasteiger partial charge on any atom is -0.381 e. The second-order valence-electron chi connectivity index (χ2n) is 5.92. The van der Waals surface area contributed by atoms with Gasteiger partial charge in [0.1, 0.15) is 0 Å². The second-order valence-corrected chi connectivity index (χ2v) is 5.92. The number of aryl methyl sites for hydroxylation is 1. The van der Waals surface area contributed by atoms with Crippen LogP contribution in [-0.2, 0) is 12.8 Å². The predicted molar refractivity (Wildman–Crippen MR) is 78.1 cm³/mol. The predicted octanol–water partition coefficient (Wildman–Crippen LogP) is 4.06. The fourth-order valence-electron chi connectivity index (χ4n) is 3.57. The van der Waals surface area contributed by atoms with E-state index in [0.717, 1.165) is 12.8 Å².